The van der Waals surface area contributed by atoms with Gasteiger partial charge in [0.2, 0.25) is 5.91 Å². The maximum absolute atomic E-state index is 12.6. The van der Waals surface area contributed by atoms with Crippen molar-refractivity contribution in [3.05, 3.63) is 53.9 Å². The predicted octanol–water partition coefficient (Wildman–Crippen LogP) is 1.57. The summed E-state index contributed by atoms with van der Waals surface area (Å²) in [6, 6.07) is 10.2. The minimum absolute atomic E-state index is 0.139. The molecule has 0 radical (unpaired) electrons. The molecule has 2 aromatic rings. The fraction of sp³-hybridized carbons (Fsp3) is 0.235. The maximum Gasteiger partial charge on any atom is 0.276 e. The molecule has 2 heterocycles. The summed E-state index contributed by atoms with van der Waals surface area (Å²) in [6.07, 6.45) is 2.39. The summed E-state index contributed by atoms with van der Waals surface area (Å²) < 4.78 is 0. The molecule has 0 saturated heterocycles. The van der Waals surface area contributed by atoms with Gasteiger partial charge in [-0.3, -0.25) is 14.6 Å². The minimum atomic E-state index is -0.588. The van der Waals surface area contributed by atoms with Gasteiger partial charge in [-0.25, -0.2) is 0 Å². The topological polar surface area (TPSA) is 88.3 Å². The lowest BCUT2D eigenvalue weighted by atomic mass is 10.1. The Bertz CT molecular complexity index is 744. The Morgan fingerprint density at radius 2 is 2.13 bits per heavy atom. The Kier molecular flexibility index (Phi) is 4.08. The number of benzene rings is 1. The number of nitrogens with one attached hydrogen (secondary N) is 1. The van der Waals surface area contributed by atoms with Crippen LogP contribution in [0.2, 0.25) is 0 Å². The van der Waals surface area contributed by atoms with Crippen molar-refractivity contribution in [2.24, 2.45) is 5.73 Å². The van der Waals surface area contributed by atoms with E-state index in [1.807, 2.05) is 18.2 Å². The van der Waals surface area contributed by atoms with E-state index in [-0.39, 0.29) is 11.8 Å². The standard InChI is InChI=1S/C17H18N4O2/c1-11(18)16(22)20-13-6-5-12-7-9-21(15(12)10-13)17(23)14-4-2-3-8-19-14/h2-6,8,10-11H,7,9,18H2,1H3,(H,20,22)/t11-/m0/s1. The zero-order valence-electron chi connectivity index (χ0n) is 12.8. The second-order valence-electron chi connectivity index (χ2n) is 5.54. The molecule has 1 aromatic heterocycles. The molecular formula is C17H18N4O2. The molecule has 2 amide bonds. The number of rotatable bonds is 3. The summed E-state index contributed by atoms with van der Waals surface area (Å²) in [5.41, 5.74) is 8.49. The third kappa shape index (κ3) is 3.07. The lowest BCUT2D eigenvalue weighted by Gasteiger charge is -2.18. The first-order chi connectivity index (χ1) is 11.1. The Morgan fingerprint density at radius 3 is 2.83 bits per heavy atom. The molecule has 6 heteroatoms. The molecule has 3 N–H and O–H groups in total. The molecule has 1 aliphatic heterocycles. The highest BCUT2D eigenvalue weighted by Gasteiger charge is 2.26. The number of hydrogen-bond acceptors (Lipinski definition) is 4. The lowest BCUT2D eigenvalue weighted by molar-refractivity contribution is -0.117. The second-order valence-corrected chi connectivity index (χ2v) is 5.54. The number of hydrogen-bond donors (Lipinski definition) is 2. The first-order valence-electron chi connectivity index (χ1n) is 7.48. The molecule has 3 rings (SSSR count). The van der Waals surface area contributed by atoms with Crippen molar-refractivity contribution in [2.45, 2.75) is 19.4 Å². The third-order valence-corrected chi connectivity index (χ3v) is 3.79. The molecule has 0 fully saturated rings. The summed E-state index contributed by atoms with van der Waals surface area (Å²) in [5, 5.41) is 2.75. The number of carbonyl (C=O) groups is 2. The first kappa shape index (κ1) is 15.2. The fourth-order valence-electron chi connectivity index (χ4n) is 2.55. The monoisotopic (exact) mass is 310 g/mol. The van der Waals surface area contributed by atoms with Gasteiger partial charge in [0, 0.05) is 24.1 Å². The van der Waals surface area contributed by atoms with Crippen LogP contribution >= 0.6 is 0 Å². The smallest absolute Gasteiger partial charge is 0.276 e. The van der Waals surface area contributed by atoms with Gasteiger partial charge in [0.1, 0.15) is 5.69 Å². The summed E-state index contributed by atoms with van der Waals surface area (Å²) in [6.45, 7) is 2.23. The molecule has 0 unspecified atom stereocenters. The molecule has 118 valence electrons. The van der Waals surface area contributed by atoms with Crippen molar-refractivity contribution >= 4 is 23.2 Å². The van der Waals surface area contributed by atoms with E-state index >= 15 is 0 Å². The van der Waals surface area contributed by atoms with Gasteiger partial charge in [-0.1, -0.05) is 12.1 Å². The summed E-state index contributed by atoms with van der Waals surface area (Å²) >= 11 is 0. The Hall–Kier alpha value is -2.73. The van der Waals surface area contributed by atoms with E-state index in [9.17, 15) is 9.59 Å². The fourth-order valence-corrected chi connectivity index (χ4v) is 2.55. The van der Waals surface area contributed by atoms with E-state index in [4.69, 9.17) is 5.73 Å². The van der Waals surface area contributed by atoms with E-state index in [2.05, 4.69) is 10.3 Å². The van der Waals surface area contributed by atoms with Crippen molar-refractivity contribution in [3.63, 3.8) is 0 Å². The predicted molar refractivity (Wildman–Crippen MR) is 88.3 cm³/mol. The van der Waals surface area contributed by atoms with E-state index in [1.165, 1.54) is 0 Å². The van der Waals surface area contributed by atoms with E-state index in [0.717, 1.165) is 17.7 Å². The lowest BCUT2D eigenvalue weighted by Crippen LogP contribution is -2.32. The van der Waals surface area contributed by atoms with Gasteiger partial charge in [-0.15, -0.1) is 0 Å². The molecule has 1 aliphatic rings. The van der Waals surface area contributed by atoms with Crippen molar-refractivity contribution in [2.75, 3.05) is 16.8 Å². The van der Waals surface area contributed by atoms with Crippen LogP contribution in [0.5, 0.6) is 0 Å². The Balaban J connectivity index is 1.87. The second kappa shape index (κ2) is 6.18. The molecule has 1 atom stereocenters. The molecule has 0 saturated carbocycles. The number of aromatic nitrogens is 1. The van der Waals surface area contributed by atoms with E-state index in [1.54, 1.807) is 36.2 Å². The quantitative estimate of drug-likeness (QED) is 0.900. The molecule has 0 spiro atoms. The average molecular weight is 310 g/mol. The highest BCUT2D eigenvalue weighted by atomic mass is 16.2. The number of amides is 2. The Labute approximate surface area is 134 Å². The molecule has 6 nitrogen and oxygen atoms in total. The van der Waals surface area contributed by atoms with Crippen LogP contribution < -0.4 is 16.0 Å². The summed E-state index contributed by atoms with van der Waals surface area (Å²) in [7, 11) is 0. The zero-order chi connectivity index (χ0) is 16.4. The largest absolute Gasteiger partial charge is 0.325 e. The molecular weight excluding hydrogens is 292 g/mol. The van der Waals surface area contributed by atoms with Crippen LogP contribution in [-0.2, 0) is 11.2 Å². The van der Waals surface area contributed by atoms with E-state index in [0.29, 0.717) is 17.9 Å². The van der Waals surface area contributed by atoms with Crippen LogP contribution in [0.25, 0.3) is 0 Å². The van der Waals surface area contributed by atoms with Crippen LogP contribution in [0, 0.1) is 0 Å². The van der Waals surface area contributed by atoms with Crippen LogP contribution in [-0.4, -0.2) is 29.4 Å². The highest BCUT2D eigenvalue weighted by Crippen LogP contribution is 2.31. The normalized spacial score (nSPS) is 14.3. The average Bonchev–Trinajstić information content (AvgIpc) is 2.98. The van der Waals surface area contributed by atoms with Crippen molar-refractivity contribution in [1.82, 2.24) is 4.98 Å². The number of nitrogens with zero attached hydrogens (tertiary/aromatic N) is 2. The van der Waals surface area contributed by atoms with Gasteiger partial charge in [-0.2, -0.15) is 0 Å². The molecule has 23 heavy (non-hydrogen) atoms. The minimum Gasteiger partial charge on any atom is -0.325 e. The molecule has 0 aliphatic carbocycles. The third-order valence-electron chi connectivity index (χ3n) is 3.79. The van der Waals surface area contributed by atoms with Gasteiger partial charge in [-0.05, 0) is 43.2 Å². The Morgan fingerprint density at radius 1 is 1.30 bits per heavy atom. The zero-order valence-corrected chi connectivity index (χ0v) is 12.8. The highest BCUT2D eigenvalue weighted by molar-refractivity contribution is 6.06. The van der Waals surface area contributed by atoms with Crippen molar-refractivity contribution in [1.29, 1.82) is 0 Å². The van der Waals surface area contributed by atoms with Crippen molar-refractivity contribution in [3.8, 4) is 0 Å². The van der Waals surface area contributed by atoms with Gasteiger partial charge in [0.05, 0.1) is 6.04 Å². The van der Waals surface area contributed by atoms with Gasteiger partial charge in [0.25, 0.3) is 5.91 Å². The van der Waals surface area contributed by atoms with Gasteiger partial charge in [0.15, 0.2) is 0 Å². The van der Waals surface area contributed by atoms with Crippen molar-refractivity contribution < 1.29 is 9.59 Å². The van der Waals surface area contributed by atoms with Gasteiger partial charge < -0.3 is 16.0 Å². The van der Waals surface area contributed by atoms with Crippen LogP contribution in [0.15, 0.2) is 42.6 Å². The summed E-state index contributed by atoms with van der Waals surface area (Å²) in [5.74, 6) is -0.398. The number of carbonyl (C=O) groups excluding carboxylic acids is 2. The van der Waals surface area contributed by atoms with E-state index < -0.39 is 6.04 Å². The van der Waals surface area contributed by atoms with Crippen LogP contribution in [0.4, 0.5) is 11.4 Å². The number of nitrogens with two attached hydrogens (primary N) is 1. The summed E-state index contributed by atoms with van der Waals surface area (Å²) in [4.78, 5) is 30.1. The van der Waals surface area contributed by atoms with Gasteiger partial charge >= 0.3 is 0 Å². The number of fused-ring (bicyclic) bond motifs is 1. The van der Waals surface area contributed by atoms with Crippen LogP contribution in [0.3, 0.4) is 0 Å². The number of pyridine rings is 1. The molecule has 0 bridgehead atoms. The maximum atomic E-state index is 12.6. The first-order valence-corrected chi connectivity index (χ1v) is 7.48. The molecule has 1 aromatic carbocycles. The number of anilines is 2. The SMILES string of the molecule is C[C@H](N)C(=O)Nc1ccc2c(c1)N(C(=O)c1ccccn1)CC2. The van der Waals surface area contributed by atoms with Crippen LogP contribution in [0.1, 0.15) is 23.0 Å².